The van der Waals surface area contributed by atoms with Crippen LogP contribution in [0.2, 0.25) is 0 Å². The number of halogens is 1. The Balaban J connectivity index is 1.60. The van der Waals surface area contributed by atoms with Crippen molar-refractivity contribution in [2.45, 2.75) is 51.8 Å². The molecule has 1 saturated heterocycles. The van der Waals surface area contributed by atoms with Crippen LogP contribution in [0.3, 0.4) is 0 Å². The minimum atomic E-state index is -0.535. The summed E-state index contributed by atoms with van der Waals surface area (Å²) in [7, 11) is 0. The summed E-state index contributed by atoms with van der Waals surface area (Å²) in [6, 6.07) is 1.96. The van der Waals surface area contributed by atoms with Crippen molar-refractivity contribution in [2.24, 2.45) is 0 Å². The molecule has 140 valence electrons. The van der Waals surface area contributed by atoms with E-state index in [2.05, 4.69) is 20.0 Å². The number of aliphatic hydroxyl groups excluding tert-OH is 1. The van der Waals surface area contributed by atoms with Gasteiger partial charge >= 0.3 is 0 Å². The molecule has 0 saturated carbocycles. The van der Waals surface area contributed by atoms with Crippen LogP contribution in [0.15, 0.2) is 12.3 Å². The molecule has 0 amide bonds. The maximum absolute atomic E-state index is 14.2. The van der Waals surface area contributed by atoms with Crippen LogP contribution in [-0.4, -0.2) is 44.5 Å². The van der Waals surface area contributed by atoms with Gasteiger partial charge in [0.25, 0.3) is 0 Å². The molecule has 26 heavy (non-hydrogen) atoms. The molecular weight excluding hydrogens is 335 g/mol. The van der Waals surface area contributed by atoms with E-state index in [1.165, 1.54) is 6.20 Å². The standard InChI is InChI=1S/C18H25FN6O/c1-2-16(26)15-10-13-12-24(8-5-9-25(13)22-15)18-20-11-14(19)17(21-18)23-6-3-4-7-23/h10-11,16,26H,2-9,12H2,1H3/t16-/m1/s1. The number of anilines is 2. The average Bonchev–Trinajstić information content (AvgIpc) is 3.28. The van der Waals surface area contributed by atoms with Crippen molar-refractivity contribution in [3.63, 3.8) is 0 Å². The highest BCUT2D eigenvalue weighted by atomic mass is 19.1. The van der Waals surface area contributed by atoms with Gasteiger partial charge in [0.2, 0.25) is 5.95 Å². The largest absolute Gasteiger partial charge is 0.387 e. The fourth-order valence-corrected chi connectivity index (χ4v) is 3.68. The fraction of sp³-hybridized carbons (Fsp3) is 0.611. The molecule has 0 aromatic carbocycles. The first-order valence-corrected chi connectivity index (χ1v) is 9.43. The summed E-state index contributed by atoms with van der Waals surface area (Å²) in [6.07, 6.45) is 4.43. The molecule has 1 fully saturated rings. The van der Waals surface area contributed by atoms with Crippen LogP contribution >= 0.6 is 0 Å². The van der Waals surface area contributed by atoms with E-state index in [0.29, 0.717) is 30.4 Å². The molecule has 0 aliphatic carbocycles. The van der Waals surface area contributed by atoms with Gasteiger partial charge in [0, 0.05) is 26.2 Å². The number of aromatic nitrogens is 4. The summed E-state index contributed by atoms with van der Waals surface area (Å²) in [4.78, 5) is 12.8. The van der Waals surface area contributed by atoms with Gasteiger partial charge in [-0.05, 0) is 31.7 Å². The van der Waals surface area contributed by atoms with Gasteiger partial charge in [-0.25, -0.2) is 9.37 Å². The van der Waals surface area contributed by atoms with Crippen molar-refractivity contribution < 1.29 is 9.50 Å². The summed E-state index contributed by atoms with van der Waals surface area (Å²) in [5.41, 5.74) is 1.74. The summed E-state index contributed by atoms with van der Waals surface area (Å²) in [5.74, 6) is 0.608. The highest BCUT2D eigenvalue weighted by Gasteiger charge is 2.23. The Kier molecular flexibility index (Phi) is 4.76. The molecule has 2 aromatic heterocycles. The summed E-state index contributed by atoms with van der Waals surface area (Å²) < 4.78 is 16.2. The minimum absolute atomic E-state index is 0.358. The zero-order valence-electron chi connectivity index (χ0n) is 15.1. The van der Waals surface area contributed by atoms with Gasteiger partial charge in [0.15, 0.2) is 11.6 Å². The van der Waals surface area contributed by atoms with Crippen LogP contribution in [0.4, 0.5) is 16.2 Å². The van der Waals surface area contributed by atoms with E-state index in [1.54, 1.807) is 0 Å². The number of aryl methyl sites for hydroxylation is 1. The Morgan fingerprint density at radius 3 is 2.69 bits per heavy atom. The van der Waals surface area contributed by atoms with E-state index >= 15 is 0 Å². The lowest BCUT2D eigenvalue weighted by molar-refractivity contribution is 0.168. The number of nitrogens with zero attached hydrogens (tertiary/aromatic N) is 6. The SMILES string of the molecule is CC[C@@H](O)c1cc2n(n1)CCCN(c1ncc(F)c(N3CCCC3)n1)C2. The van der Waals surface area contributed by atoms with Gasteiger partial charge in [-0.15, -0.1) is 0 Å². The number of aliphatic hydroxyl groups is 1. The van der Waals surface area contributed by atoms with Crippen LogP contribution in [-0.2, 0) is 13.1 Å². The molecule has 0 unspecified atom stereocenters. The molecule has 8 heteroatoms. The van der Waals surface area contributed by atoms with Gasteiger partial charge in [0.05, 0.1) is 30.2 Å². The van der Waals surface area contributed by atoms with Crippen LogP contribution < -0.4 is 9.80 Å². The van der Waals surface area contributed by atoms with Crippen LogP contribution in [0.25, 0.3) is 0 Å². The maximum atomic E-state index is 14.2. The molecule has 7 nitrogen and oxygen atoms in total. The second-order valence-electron chi connectivity index (χ2n) is 7.02. The van der Waals surface area contributed by atoms with Gasteiger partial charge in [-0.2, -0.15) is 10.1 Å². The monoisotopic (exact) mass is 360 g/mol. The third kappa shape index (κ3) is 3.25. The second kappa shape index (κ2) is 7.19. The third-order valence-electron chi connectivity index (χ3n) is 5.16. The zero-order chi connectivity index (χ0) is 18.1. The van der Waals surface area contributed by atoms with E-state index < -0.39 is 6.10 Å². The number of hydrogen-bond acceptors (Lipinski definition) is 6. The van der Waals surface area contributed by atoms with Gasteiger partial charge in [0.1, 0.15) is 0 Å². The van der Waals surface area contributed by atoms with Crippen LogP contribution in [0.5, 0.6) is 0 Å². The molecule has 0 bridgehead atoms. The molecule has 2 aromatic rings. The third-order valence-corrected chi connectivity index (χ3v) is 5.16. The lowest BCUT2D eigenvalue weighted by Gasteiger charge is -2.23. The van der Waals surface area contributed by atoms with Crippen LogP contribution in [0.1, 0.15) is 50.1 Å². The number of rotatable bonds is 4. The fourth-order valence-electron chi connectivity index (χ4n) is 3.68. The predicted molar refractivity (Wildman–Crippen MR) is 96.6 cm³/mol. The first-order chi connectivity index (χ1) is 12.7. The zero-order valence-corrected chi connectivity index (χ0v) is 15.1. The van der Waals surface area contributed by atoms with E-state index in [4.69, 9.17) is 0 Å². The summed E-state index contributed by atoms with van der Waals surface area (Å²) >= 11 is 0. The minimum Gasteiger partial charge on any atom is -0.387 e. The molecule has 0 spiro atoms. The van der Waals surface area contributed by atoms with E-state index in [0.717, 1.165) is 51.1 Å². The first-order valence-electron chi connectivity index (χ1n) is 9.43. The van der Waals surface area contributed by atoms with E-state index in [-0.39, 0.29) is 5.82 Å². The maximum Gasteiger partial charge on any atom is 0.227 e. The predicted octanol–water partition coefficient (Wildman–Crippen LogP) is 2.27. The van der Waals surface area contributed by atoms with Crippen molar-refractivity contribution in [3.05, 3.63) is 29.5 Å². The molecule has 4 rings (SSSR count). The van der Waals surface area contributed by atoms with E-state index in [1.807, 2.05) is 22.6 Å². The summed E-state index contributed by atoms with van der Waals surface area (Å²) in [6.45, 7) is 5.82. The van der Waals surface area contributed by atoms with E-state index in [9.17, 15) is 9.50 Å². The smallest absolute Gasteiger partial charge is 0.227 e. The van der Waals surface area contributed by atoms with Gasteiger partial charge < -0.3 is 14.9 Å². The molecule has 2 aliphatic rings. The van der Waals surface area contributed by atoms with Crippen molar-refractivity contribution in [2.75, 3.05) is 29.4 Å². The lowest BCUT2D eigenvalue weighted by atomic mass is 10.2. The number of fused-ring (bicyclic) bond motifs is 1. The summed E-state index contributed by atoms with van der Waals surface area (Å²) in [5, 5.41) is 14.6. The Labute approximate surface area is 152 Å². The molecule has 1 atom stereocenters. The van der Waals surface area contributed by atoms with Gasteiger partial charge in [-0.1, -0.05) is 6.92 Å². The van der Waals surface area contributed by atoms with Crippen molar-refractivity contribution in [1.29, 1.82) is 0 Å². The van der Waals surface area contributed by atoms with Crippen LogP contribution in [0, 0.1) is 5.82 Å². The normalized spacial score (nSPS) is 18.7. The average molecular weight is 360 g/mol. The molecule has 2 aliphatic heterocycles. The first kappa shape index (κ1) is 17.2. The van der Waals surface area contributed by atoms with Gasteiger partial charge in [-0.3, -0.25) is 4.68 Å². The molecular formula is C18H25FN6O. The highest BCUT2D eigenvalue weighted by molar-refractivity contribution is 5.46. The highest BCUT2D eigenvalue weighted by Crippen LogP contribution is 2.26. The number of hydrogen-bond donors (Lipinski definition) is 1. The molecule has 1 N–H and O–H groups in total. The lowest BCUT2D eigenvalue weighted by Crippen LogP contribution is -2.27. The Morgan fingerprint density at radius 2 is 1.92 bits per heavy atom. The molecule has 0 radical (unpaired) electrons. The van der Waals surface area contributed by atoms with Crippen molar-refractivity contribution in [1.82, 2.24) is 19.7 Å². The Morgan fingerprint density at radius 1 is 1.15 bits per heavy atom. The topological polar surface area (TPSA) is 70.3 Å². The second-order valence-corrected chi connectivity index (χ2v) is 7.02. The Bertz CT molecular complexity index is 773. The molecule has 4 heterocycles. The Hall–Kier alpha value is -2.22. The quantitative estimate of drug-likeness (QED) is 0.902. The van der Waals surface area contributed by atoms with Crippen molar-refractivity contribution in [3.8, 4) is 0 Å². The van der Waals surface area contributed by atoms with Crippen molar-refractivity contribution >= 4 is 11.8 Å².